The van der Waals surface area contributed by atoms with Gasteiger partial charge < -0.3 is 15.2 Å². The Morgan fingerprint density at radius 2 is 2.20 bits per heavy atom. The Labute approximate surface area is 114 Å². The van der Waals surface area contributed by atoms with Crippen LogP contribution in [0.2, 0.25) is 0 Å². The Kier molecular flexibility index (Phi) is 6.26. The second-order valence-corrected chi connectivity index (χ2v) is 4.15. The molecular formula is C12H16F2N2O4. The van der Waals surface area contributed by atoms with E-state index in [2.05, 4.69) is 5.32 Å². The first kappa shape index (κ1) is 16.3. The van der Waals surface area contributed by atoms with Crippen molar-refractivity contribution in [1.29, 1.82) is 0 Å². The summed E-state index contributed by atoms with van der Waals surface area (Å²) in [6.45, 7) is 0.408. The van der Waals surface area contributed by atoms with Crippen molar-refractivity contribution in [1.82, 2.24) is 0 Å². The average Bonchev–Trinajstić information content (AvgIpc) is 2.38. The number of nitro groups is 1. The molecule has 0 aromatic heterocycles. The van der Waals surface area contributed by atoms with Gasteiger partial charge in [-0.3, -0.25) is 10.1 Å². The fraction of sp³-hybridized carbons (Fsp3) is 0.500. The number of ether oxygens (including phenoxy) is 1. The van der Waals surface area contributed by atoms with Crippen LogP contribution in [0.1, 0.15) is 18.4 Å². The Hall–Kier alpha value is -1.80. The van der Waals surface area contributed by atoms with Gasteiger partial charge in [0.2, 0.25) is 0 Å². The molecule has 0 spiro atoms. The van der Waals surface area contributed by atoms with E-state index in [1.807, 2.05) is 0 Å². The summed E-state index contributed by atoms with van der Waals surface area (Å²) in [6.07, 6.45) is -3.20. The van der Waals surface area contributed by atoms with Crippen molar-refractivity contribution in [3.63, 3.8) is 0 Å². The highest BCUT2D eigenvalue weighted by Crippen LogP contribution is 2.30. The number of rotatable bonds is 8. The maximum Gasteiger partial charge on any atom is 0.270 e. The smallest absolute Gasteiger partial charge is 0.270 e. The highest BCUT2D eigenvalue weighted by Gasteiger charge is 2.17. The van der Waals surface area contributed by atoms with Crippen molar-refractivity contribution in [2.45, 2.75) is 19.0 Å². The van der Waals surface area contributed by atoms with Crippen LogP contribution >= 0.6 is 0 Å². The number of aliphatic hydroxyl groups excluding tert-OH is 1. The van der Waals surface area contributed by atoms with E-state index in [-0.39, 0.29) is 24.5 Å². The van der Waals surface area contributed by atoms with E-state index in [0.717, 1.165) is 12.1 Å². The minimum Gasteiger partial charge on any atom is -0.391 e. The van der Waals surface area contributed by atoms with Gasteiger partial charge in [0.1, 0.15) is 0 Å². The molecule has 6 nitrogen and oxygen atoms in total. The number of halogens is 2. The van der Waals surface area contributed by atoms with Gasteiger partial charge in [-0.15, -0.1) is 0 Å². The highest BCUT2D eigenvalue weighted by molar-refractivity contribution is 5.56. The summed E-state index contributed by atoms with van der Waals surface area (Å²) in [5.41, 5.74) is -0.694. The topological polar surface area (TPSA) is 84.6 Å². The number of nitro benzene ring substituents is 1. The SMILES string of the molecule is COCC(O)CCNc1ccc([N+](=O)[O-])cc1C(F)F. The van der Waals surface area contributed by atoms with Gasteiger partial charge in [-0.25, -0.2) is 8.78 Å². The normalized spacial score (nSPS) is 12.4. The van der Waals surface area contributed by atoms with E-state index in [1.54, 1.807) is 0 Å². The van der Waals surface area contributed by atoms with Crippen molar-refractivity contribution < 1.29 is 23.5 Å². The standard InChI is InChI=1S/C12H16F2N2O4/c1-20-7-9(17)4-5-15-11-3-2-8(16(18)19)6-10(11)12(13)14/h2-3,6,9,12,15,17H,4-5,7H2,1H3. The molecular weight excluding hydrogens is 274 g/mol. The fourth-order valence-electron chi connectivity index (χ4n) is 1.65. The Bertz CT molecular complexity index is 457. The van der Waals surface area contributed by atoms with Crippen LogP contribution < -0.4 is 5.32 Å². The van der Waals surface area contributed by atoms with Gasteiger partial charge in [0.15, 0.2) is 0 Å². The van der Waals surface area contributed by atoms with Crippen molar-refractivity contribution in [2.75, 3.05) is 25.6 Å². The molecule has 0 aliphatic carbocycles. The van der Waals surface area contributed by atoms with Crippen LogP contribution in [0.3, 0.4) is 0 Å². The number of alkyl halides is 2. The largest absolute Gasteiger partial charge is 0.391 e. The number of aliphatic hydroxyl groups is 1. The van der Waals surface area contributed by atoms with Crippen LogP contribution in [0.4, 0.5) is 20.2 Å². The van der Waals surface area contributed by atoms with Gasteiger partial charge in [0, 0.05) is 37.0 Å². The molecule has 0 heterocycles. The maximum absolute atomic E-state index is 12.8. The summed E-state index contributed by atoms with van der Waals surface area (Å²) >= 11 is 0. The molecule has 1 aromatic carbocycles. The molecule has 20 heavy (non-hydrogen) atoms. The zero-order valence-electron chi connectivity index (χ0n) is 10.9. The number of benzene rings is 1. The fourth-order valence-corrected chi connectivity index (χ4v) is 1.65. The molecule has 0 radical (unpaired) electrons. The van der Waals surface area contributed by atoms with Gasteiger partial charge in [-0.2, -0.15) is 0 Å². The monoisotopic (exact) mass is 290 g/mol. The van der Waals surface area contributed by atoms with Crippen LogP contribution in [-0.4, -0.2) is 36.4 Å². The van der Waals surface area contributed by atoms with Gasteiger partial charge in [-0.1, -0.05) is 0 Å². The minimum absolute atomic E-state index is 0.121. The lowest BCUT2D eigenvalue weighted by Gasteiger charge is -2.13. The molecule has 1 rings (SSSR count). The first-order valence-corrected chi connectivity index (χ1v) is 5.93. The lowest BCUT2D eigenvalue weighted by molar-refractivity contribution is -0.385. The molecule has 8 heteroatoms. The molecule has 0 bridgehead atoms. The number of anilines is 1. The van der Waals surface area contributed by atoms with Crippen molar-refractivity contribution >= 4 is 11.4 Å². The molecule has 0 aliphatic heterocycles. The minimum atomic E-state index is -2.82. The van der Waals surface area contributed by atoms with Crippen LogP contribution in [-0.2, 0) is 4.74 Å². The molecule has 112 valence electrons. The van der Waals surface area contributed by atoms with Crippen molar-refractivity contribution in [3.8, 4) is 0 Å². The zero-order valence-corrected chi connectivity index (χ0v) is 10.9. The van der Waals surface area contributed by atoms with Gasteiger partial charge in [0.05, 0.1) is 17.6 Å². The number of nitrogens with one attached hydrogen (secondary N) is 1. The first-order chi connectivity index (χ1) is 9.45. The van der Waals surface area contributed by atoms with Crippen LogP contribution in [0.5, 0.6) is 0 Å². The van der Waals surface area contributed by atoms with E-state index in [4.69, 9.17) is 4.74 Å². The second-order valence-electron chi connectivity index (χ2n) is 4.15. The lowest BCUT2D eigenvalue weighted by Crippen LogP contribution is -2.18. The van der Waals surface area contributed by atoms with E-state index in [1.165, 1.54) is 13.2 Å². The molecule has 0 aliphatic rings. The molecule has 0 fully saturated rings. The summed E-state index contributed by atoms with van der Waals surface area (Å²) in [7, 11) is 1.45. The summed E-state index contributed by atoms with van der Waals surface area (Å²) in [6, 6.07) is 3.24. The van der Waals surface area contributed by atoms with E-state index >= 15 is 0 Å². The third kappa shape index (κ3) is 4.71. The average molecular weight is 290 g/mol. The number of nitrogens with zero attached hydrogens (tertiary/aromatic N) is 1. The third-order valence-corrected chi connectivity index (χ3v) is 2.63. The summed E-state index contributed by atoms with van der Waals surface area (Å²) in [5, 5.41) is 22.7. The number of hydrogen-bond donors (Lipinski definition) is 2. The molecule has 1 unspecified atom stereocenters. The molecule has 0 saturated heterocycles. The third-order valence-electron chi connectivity index (χ3n) is 2.63. The van der Waals surface area contributed by atoms with Crippen LogP contribution in [0.25, 0.3) is 0 Å². The lowest BCUT2D eigenvalue weighted by atomic mass is 10.1. The van der Waals surface area contributed by atoms with Crippen LogP contribution in [0.15, 0.2) is 18.2 Å². The van der Waals surface area contributed by atoms with Crippen molar-refractivity contribution in [3.05, 3.63) is 33.9 Å². The summed E-state index contributed by atoms with van der Waals surface area (Å²) in [4.78, 5) is 9.83. The van der Waals surface area contributed by atoms with Gasteiger partial charge in [-0.05, 0) is 12.5 Å². The van der Waals surface area contributed by atoms with Gasteiger partial charge in [0.25, 0.3) is 12.1 Å². The number of methoxy groups -OCH3 is 1. The molecule has 2 N–H and O–H groups in total. The number of non-ortho nitro benzene ring substituents is 1. The molecule has 0 amide bonds. The van der Waals surface area contributed by atoms with E-state index in [9.17, 15) is 24.0 Å². The van der Waals surface area contributed by atoms with Crippen LogP contribution in [0, 0.1) is 10.1 Å². The second kappa shape index (κ2) is 7.71. The molecule has 0 saturated carbocycles. The molecule has 1 aromatic rings. The zero-order chi connectivity index (χ0) is 15.1. The first-order valence-electron chi connectivity index (χ1n) is 5.93. The van der Waals surface area contributed by atoms with E-state index < -0.39 is 23.0 Å². The van der Waals surface area contributed by atoms with Gasteiger partial charge >= 0.3 is 0 Å². The quantitative estimate of drug-likeness (QED) is 0.567. The highest BCUT2D eigenvalue weighted by atomic mass is 19.3. The summed E-state index contributed by atoms with van der Waals surface area (Å²) in [5.74, 6) is 0. The Morgan fingerprint density at radius 3 is 2.75 bits per heavy atom. The summed E-state index contributed by atoms with van der Waals surface area (Å²) < 4.78 is 30.4. The molecule has 1 atom stereocenters. The predicted octanol–water partition coefficient (Wildman–Crippen LogP) is 2.34. The maximum atomic E-state index is 12.8. The van der Waals surface area contributed by atoms with Crippen molar-refractivity contribution in [2.24, 2.45) is 0 Å². The predicted molar refractivity (Wildman–Crippen MR) is 69.0 cm³/mol. The Morgan fingerprint density at radius 1 is 1.50 bits per heavy atom. The number of hydrogen-bond acceptors (Lipinski definition) is 5. The van der Waals surface area contributed by atoms with E-state index in [0.29, 0.717) is 6.42 Å². The Balaban J connectivity index is 2.72.